The van der Waals surface area contributed by atoms with Crippen molar-refractivity contribution in [2.75, 3.05) is 13.2 Å². The number of aliphatic imine (C=N–C) groups is 2. The molecule has 2 aliphatic heterocycles. The fourth-order valence-corrected chi connectivity index (χ4v) is 5.05. The van der Waals surface area contributed by atoms with Gasteiger partial charge in [0.25, 0.3) is 5.79 Å². The van der Waals surface area contributed by atoms with Crippen LogP contribution in [0.3, 0.4) is 0 Å². The molecule has 9 N–H and O–H groups in total. The van der Waals surface area contributed by atoms with E-state index < -0.39 is 133 Å². The first-order chi connectivity index (χ1) is 20.6. The first-order valence-electron chi connectivity index (χ1n) is 12.8. The smallest absolute Gasteiger partial charge is 0.862 e. The third-order valence-corrected chi connectivity index (χ3v) is 7.18. The zero-order valence-corrected chi connectivity index (χ0v) is 33.2. The summed E-state index contributed by atoms with van der Waals surface area (Å²) in [6.07, 6.45) is -20.3. The summed E-state index contributed by atoms with van der Waals surface area (Å²) in [5.41, 5.74) is 0. The number of ether oxygens (including phenoxy) is 3. The standard InChI is InChI=1S/C22H36N2O20S.3Na/c1-7(26)23-13-9(28)3-21(37,19(33)34)43-18(13)16(32)12(5-25)42-22(20(35)36)4-10(29)14(24-8(2)27)17(44-22)15(31)11(30)6-41-45(38,39)40;;;/h9-18,25,28-32,37H,3-6H2,1-2H3,(H,23,26)(H,24,27)(H,33,34)(H,35,36)(H,38,39,40);;;/q;3*+1/p-3/t9-,10-,11+,12+,13+,14+,15+,16+,17+,18+,21-,22+;;;/m0.../s1. The molecule has 2 fully saturated rings. The van der Waals surface area contributed by atoms with Gasteiger partial charge in [0, 0.05) is 12.8 Å². The minimum atomic E-state index is -5.16. The number of hydrogen-bond acceptors (Lipinski definition) is 20. The largest absolute Gasteiger partial charge is 1.00 e. The zero-order valence-electron chi connectivity index (χ0n) is 26.4. The molecule has 0 unspecified atom stereocenters. The van der Waals surface area contributed by atoms with Crippen LogP contribution in [0, 0.1) is 0 Å². The van der Waals surface area contributed by atoms with Crippen LogP contribution >= 0.6 is 0 Å². The number of aliphatic hydroxyl groups is 7. The fraction of sp³-hybridized carbons (Fsp3) is 0.818. The maximum Gasteiger partial charge on any atom is 1.00 e. The van der Waals surface area contributed by atoms with Gasteiger partial charge in [-0.1, -0.05) is 0 Å². The average molecular weight is 747 g/mol. The number of carbonyl (C=O) groups is 2. The molecule has 2 aliphatic rings. The second-order valence-electron chi connectivity index (χ2n) is 10.2. The molecule has 26 heteroatoms. The number of rotatable bonds is 14. The van der Waals surface area contributed by atoms with E-state index in [4.69, 9.17) is 18.8 Å². The van der Waals surface area contributed by atoms with Crippen LogP contribution in [0.4, 0.5) is 0 Å². The zero-order chi connectivity index (χ0) is 34.7. The molecule has 2 rings (SSSR count). The van der Waals surface area contributed by atoms with Crippen LogP contribution in [0.2, 0.25) is 0 Å². The Morgan fingerprint density at radius 3 is 1.77 bits per heavy atom. The van der Waals surface area contributed by atoms with E-state index in [9.17, 15) is 74.2 Å². The Morgan fingerprint density at radius 2 is 1.38 bits per heavy atom. The van der Waals surface area contributed by atoms with Crippen molar-refractivity contribution >= 4 is 34.1 Å². The van der Waals surface area contributed by atoms with Crippen LogP contribution in [0.5, 0.6) is 0 Å². The summed E-state index contributed by atoms with van der Waals surface area (Å²) in [6.45, 7) is -0.945. The molecular weight excluding hydrogens is 713 g/mol. The summed E-state index contributed by atoms with van der Waals surface area (Å²) < 4.78 is 50.1. The van der Waals surface area contributed by atoms with E-state index >= 15 is 0 Å². The molecule has 2 saturated heterocycles. The Kier molecular flexibility index (Phi) is 21.6. The molecule has 0 aliphatic carbocycles. The maximum absolute atomic E-state index is 12.5. The van der Waals surface area contributed by atoms with Gasteiger partial charge in [0.05, 0.1) is 25.4 Å². The van der Waals surface area contributed by atoms with Gasteiger partial charge in [0.1, 0.15) is 54.7 Å². The van der Waals surface area contributed by atoms with E-state index in [2.05, 4.69) is 14.2 Å². The molecule has 0 aromatic rings. The maximum atomic E-state index is 12.5. The Morgan fingerprint density at radius 1 is 0.917 bits per heavy atom. The Labute approximate surface area is 339 Å². The van der Waals surface area contributed by atoms with Gasteiger partial charge < -0.3 is 75.2 Å². The van der Waals surface area contributed by atoms with Crippen LogP contribution in [-0.4, -0.2) is 163 Å². The van der Waals surface area contributed by atoms with Crippen molar-refractivity contribution in [1.29, 1.82) is 0 Å². The van der Waals surface area contributed by atoms with Crippen LogP contribution < -0.4 is 104 Å². The van der Waals surface area contributed by atoms with Crippen molar-refractivity contribution in [2.45, 2.75) is 99.2 Å². The molecule has 2 heterocycles. The Balaban J connectivity index is 0. The average Bonchev–Trinajstić information content (AvgIpc) is 2.91. The van der Waals surface area contributed by atoms with Gasteiger partial charge in [-0.05, 0) is 25.6 Å². The van der Waals surface area contributed by atoms with Gasteiger partial charge in [-0.15, -0.1) is 0 Å². The van der Waals surface area contributed by atoms with Crippen molar-refractivity contribution in [1.82, 2.24) is 0 Å². The number of carbonyl (C=O) groups excluding carboxylic acids is 1. The molecule has 22 nitrogen and oxygen atoms in total. The molecule has 0 aromatic heterocycles. The van der Waals surface area contributed by atoms with Crippen molar-refractivity contribution in [3.63, 3.8) is 0 Å². The second kappa shape index (κ2) is 20.6. The second-order valence-corrected chi connectivity index (χ2v) is 11.3. The van der Waals surface area contributed by atoms with Gasteiger partial charge in [-0.3, -0.25) is 14.5 Å². The van der Waals surface area contributed by atoms with Crippen molar-refractivity contribution in [2.24, 2.45) is 9.98 Å². The topological polar surface area (TPSA) is 381 Å². The third kappa shape index (κ3) is 13.1. The molecule has 0 bridgehead atoms. The first kappa shape index (κ1) is 50.5. The minimum absolute atomic E-state index is 0. The van der Waals surface area contributed by atoms with E-state index in [0.29, 0.717) is 0 Å². The number of carboxylic acids is 2. The van der Waals surface area contributed by atoms with E-state index in [1.165, 1.54) is 0 Å². The monoisotopic (exact) mass is 746 g/mol. The number of aliphatic carboxylic acids is 2. The Hall–Kier alpha value is 0.350. The summed E-state index contributed by atoms with van der Waals surface area (Å²) >= 11 is 0. The normalized spacial score (nSPS) is 33.9. The van der Waals surface area contributed by atoms with Crippen LogP contribution in [-0.2, 0) is 38.4 Å². The van der Waals surface area contributed by atoms with Crippen LogP contribution in [0.1, 0.15) is 26.7 Å². The van der Waals surface area contributed by atoms with E-state index in [0.717, 1.165) is 13.8 Å². The molecule has 0 saturated carbocycles. The van der Waals surface area contributed by atoms with Crippen LogP contribution in [0.15, 0.2) is 9.98 Å². The number of nitrogens with zero attached hydrogens (tertiary/aromatic N) is 2. The van der Waals surface area contributed by atoms with Gasteiger partial charge in [-0.25, -0.2) is 8.98 Å². The number of aliphatic hydroxyl groups excluding tert-OH is 6. The fourth-order valence-electron chi connectivity index (χ4n) is 4.74. The summed E-state index contributed by atoms with van der Waals surface area (Å²) in [5, 5.41) is 118. The molecule has 0 amide bonds. The van der Waals surface area contributed by atoms with E-state index in [-0.39, 0.29) is 88.7 Å². The summed E-state index contributed by atoms with van der Waals surface area (Å²) in [4.78, 5) is 31.0. The molecule has 0 aromatic carbocycles. The molecule has 0 radical (unpaired) electrons. The minimum Gasteiger partial charge on any atom is -0.862 e. The van der Waals surface area contributed by atoms with E-state index in [1.54, 1.807) is 0 Å². The SMILES string of the molecule is CC([O-])=N[C@H]1[C@H]([C@H](O)[C@H](O)COS(=O)(=O)O)O[C@@](O[C@H](CO)[C@@H](O)[C@@H]2O[C@](O)(C(=O)[O-])C[C@H](O)[C@H]2N=C(C)[O-])(C(=O)O)C[C@@H]1O.[Na+].[Na+].[Na+]. The van der Waals surface area contributed by atoms with E-state index in [1.807, 2.05) is 0 Å². The number of carboxylic acid groups (broad SMARTS) is 2. The van der Waals surface area contributed by atoms with Crippen molar-refractivity contribution < 1.29 is 186 Å². The number of hydrogen-bond donors (Lipinski definition) is 9. The molecule has 48 heavy (non-hydrogen) atoms. The first-order valence-corrected chi connectivity index (χ1v) is 14.2. The summed E-state index contributed by atoms with van der Waals surface area (Å²) in [7, 11) is -5.16. The predicted molar refractivity (Wildman–Crippen MR) is 133 cm³/mol. The summed E-state index contributed by atoms with van der Waals surface area (Å²) in [6, 6.07) is -3.69. The van der Waals surface area contributed by atoms with Crippen molar-refractivity contribution in [3.05, 3.63) is 0 Å². The predicted octanol–water partition coefficient (Wildman–Crippen LogP) is -17.9. The molecule has 12 atom stereocenters. The molecular formula is C22H33N2Na3O20S. The summed E-state index contributed by atoms with van der Waals surface area (Å²) in [5.74, 6) is -12.9. The quantitative estimate of drug-likeness (QED) is 0.0345. The van der Waals surface area contributed by atoms with Crippen LogP contribution in [0.25, 0.3) is 0 Å². The van der Waals surface area contributed by atoms with Gasteiger partial charge in [0.15, 0.2) is 0 Å². The van der Waals surface area contributed by atoms with Gasteiger partial charge >= 0.3 is 105 Å². The third-order valence-electron chi connectivity index (χ3n) is 6.75. The van der Waals surface area contributed by atoms with Gasteiger partial charge in [-0.2, -0.15) is 8.42 Å². The Bertz CT molecular complexity index is 1240. The molecule has 260 valence electrons. The molecule has 0 spiro atoms. The van der Waals surface area contributed by atoms with Gasteiger partial charge in [0.2, 0.25) is 5.79 Å². The van der Waals surface area contributed by atoms with Crippen molar-refractivity contribution in [3.8, 4) is 0 Å².